The van der Waals surface area contributed by atoms with E-state index in [4.69, 9.17) is 11.3 Å². The average Bonchev–Trinajstić information content (AvgIpc) is 3.24. The Morgan fingerprint density at radius 3 is 2.50 bits per heavy atom. The maximum Gasteiger partial charge on any atom is 0.302 e. The fourth-order valence-corrected chi connectivity index (χ4v) is 5.73. The van der Waals surface area contributed by atoms with E-state index in [2.05, 4.69) is 4.85 Å². The third kappa shape index (κ3) is 4.40. The molecule has 3 aromatic carbocycles. The molecule has 0 spiro atoms. The van der Waals surface area contributed by atoms with Crippen LogP contribution in [0.4, 0.5) is 14.5 Å². The minimum absolute atomic E-state index is 0.0332. The van der Waals surface area contributed by atoms with E-state index in [0.717, 1.165) is 27.9 Å². The van der Waals surface area contributed by atoms with Gasteiger partial charge in [-0.2, -0.15) is 0 Å². The fourth-order valence-electron chi connectivity index (χ4n) is 3.38. The molecule has 10 heteroatoms. The average molecular weight is 499 g/mol. The molecule has 34 heavy (non-hydrogen) atoms. The predicted molar refractivity (Wildman–Crippen MR) is 123 cm³/mol. The van der Waals surface area contributed by atoms with Crippen molar-refractivity contribution in [2.45, 2.75) is 28.2 Å². The monoisotopic (exact) mass is 498 g/mol. The van der Waals surface area contributed by atoms with Crippen LogP contribution in [-0.2, 0) is 26.2 Å². The van der Waals surface area contributed by atoms with Gasteiger partial charge in [0.2, 0.25) is 5.69 Å². The van der Waals surface area contributed by atoms with Crippen molar-refractivity contribution in [3.05, 3.63) is 95.5 Å². The summed E-state index contributed by atoms with van der Waals surface area (Å²) < 4.78 is 61.5. The van der Waals surface area contributed by atoms with Crippen molar-refractivity contribution in [2.75, 3.05) is 0 Å². The number of fused-ring (bicyclic) bond motifs is 1. The number of carbonyl (C=O) groups excluding carboxylic acids is 1. The molecule has 0 aliphatic carbocycles. The summed E-state index contributed by atoms with van der Waals surface area (Å²) in [5.74, 6) is -2.04. The highest BCUT2D eigenvalue weighted by atomic mass is 32.2. The number of esters is 1. The van der Waals surface area contributed by atoms with Gasteiger partial charge in [0.15, 0.2) is 0 Å². The quantitative estimate of drug-likeness (QED) is 0.244. The number of aromatic nitrogens is 1. The van der Waals surface area contributed by atoms with Crippen molar-refractivity contribution >= 4 is 44.3 Å². The number of nitrogens with zero attached hydrogens (tertiary/aromatic N) is 2. The Balaban J connectivity index is 1.89. The molecule has 0 atom stereocenters. The van der Waals surface area contributed by atoms with E-state index in [9.17, 15) is 17.6 Å². The Bertz CT molecular complexity index is 1560. The first-order valence-corrected chi connectivity index (χ1v) is 12.1. The Labute approximate surface area is 198 Å². The number of ether oxygens (including phenoxy) is 1. The normalized spacial score (nSPS) is 11.4. The zero-order chi connectivity index (χ0) is 24.5. The smallest absolute Gasteiger partial charge is 0.302 e. The molecule has 0 unspecified atom stereocenters. The van der Waals surface area contributed by atoms with E-state index in [1.54, 1.807) is 18.2 Å². The Hall–Kier alpha value is -3.68. The van der Waals surface area contributed by atoms with Gasteiger partial charge >= 0.3 is 5.97 Å². The van der Waals surface area contributed by atoms with Crippen LogP contribution in [0.5, 0.6) is 0 Å². The van der Waals surface area contributed by atoms with Crippen molar-refractivity contribution in [1.82, 2.24) is 3.97 Å². The third-order valence-electron chi connectivity index (χ3n) is 4.95. The van der Waals surface area contributed by atoms with Crippen molar-refractivity contribution in [1.29, 1.82) is 0 Å². The second-order valence-corrected chi connectivity index (χ2v) is 10.0. The number of carbonyl (C=O) groups is 1. The van der Waals surface area contributed by atoms with Gasteiger partial charge in [-0.15, -0.1) is 0 Å². The molecular weight excluding hydrogens is 482 g/mol. The van der Waals surface area contributed by atoms with Crippen molar-refractivity contribution < 1.29 is 26.7 Å². The largest absolute Gasteiger partial charge is 0.461 e. The number of halogens is 2. The second-order valence-electron chi connectivity index (χ2n) is 7.14. The van der Waals surface area contributed by atoms with Gasteiger partial charge in [0, 0.05) is 35.0 Å². The Morgan fingerprint density at radius 1 is 1.09 bits per heavy atom. The lowest BCUT2D eigenvalue weighted by atomic mass is 10.1. The minimum Gasteiger partial charge on any atom is -0.461 e. The van der Waals surface area contributed by atoms with Gasteiger partial charge in [-0.1, -0.05) is 30.0 Å². The molecule has 0 saturated carbocycles. The van der Waals surface area contributed by atoms with Gasteiger partial charge in [0.05, 0.1) is 21.9 Å². The van der Waals surface area contributed by atoms with Crippen LogP contribution >= 0.6 is 11.8 Å². The maximum atomic E-state index is 15.4. The lowest BCUT2D eigenvalue weighted by Gasteiger charge is -2.14. The van der Waals surface area contributed by atoms with E-state index < -0.39 is 27.6 Å². The fraction of sp³-hybridized carbons (Fsp3) is 0.0833. The molecule has 0 amide bonds. The zero-order valence-electron chi connectivity index (χ0n) is 17.7. The molecule has 0 N–H and O–H groups in total. The SMILES string of the molecule is [C-]#[N+]c1cc(Sc2c(F)cc3c(ccn3S(=O)(=O)c3ccccc3)c2COC(C)=O)ccc1F. The van der Waals surface area contributed by atoms with Gasteiger partial charge in [-0.3, -0.25) is 4.79 Å². The van der Waals surface area contributed by atoms with Gasteiger partial charge in [-0.25, -0.2) is 26.0 Å². The number of hydrogen-bond acceptors (Lipinski definition) is 5. The summed E-state index contributed by atoms with van der Waals surface area (Å²) in [7, 11) is -4.01. The zero-order valence-corrected chi connectivity index (χ0v) is 19.3. The first kappa shape index (κ1) is 23.5. The molecule has 172 valence electrons. The first-order valence-electron chi connectivity index (χ1n) is 9.83. The third-order valence-corrected chi connectivity index (χ3v) is 7.79. The van der Waals surface area contributed by atoms with Gasteiger partial charge in [0.25, 0.3) is 10.0 Å². The van der Waals surface area contributed by atoms with Crippen molar-refractivity contribution in [3.8, 4) is 0 Å². The molecule has 0 aliphatic rings. The van der Waals surface area contributed by atoms with Gasteiger partial charge in [-0.05, 0) is 36.4 Å². The highest BCUT2D eigenvalue weighted by Gasteiger charge is 2.24. The summed E-state index contributed by atoms with van der Waals surface area (Å²) in [6.45, 7) is 7.98. The molecule has 0 aliphatic heterocycles. The van der Waals surface area contributed by atoms with Crippen LogP contribution in [0, 0.1) is 18.2 Å². The molecule has 4 rings (SSSR count). The van der Waals surface area contributed by atoms with E-state index in [1.807, 2.05) is 0 Å². The Morgan fingerprint density at radius 2 is 1.82 bits per heavy atom. The molecule has 0 bridgehead atoms. The van der Waals surface area contributed by atoms with Crippen LogP contribution in [0.25, 0.3) is 15.7 Å². The first-order chi connectivity index (χ1) is 16.2. The summed E-state index contributed by atoms with van der Waals surface area (Å²) in [5, 5.41) is 0.372. The van der Waals surface area contributed by atoms with Crippen molar-refractivity contribution in [3.63, 3.8) is 0 Å². The highest BCUT2D eigenvalue weighted by Crippen LogP contribution is 2.39. The molecule has 0 radical (unpaired) electrons. The van der Waals surface area contributed by atoms with Crippen LogP contribution in [0.2, 0.25) is 0 Å². The summed E-state index contributed by atoms with van der Waals surface area (Å²) in [6, 6.07) is 14.1. The van der Waals surface area contributed by atoms with E-state index >= 15 is 4.39 Å². The van der Waals surface area contributed by atoms with E-state index in [1.165, 1.54) is 43.5 Å². The van der Waals surface area contributed by atoms with Crippen LogP contribution in [-0.4, -0.2) is 18.4 Å². The standard InChI is InChI=1S/C24H16F2N2O4S2/c1-15(29)32-14-19-18-10-11-28(34(30,31)17-6-4-3-5-7-17)23(18)13-21(26)24(19)33-16-8-9-20(25)22(12-16)27-2/h3-13H,14H2,1H3. The summed E-state index contributed by atoms with van der Waals surface area (Å²) in [5.41, 5.74) is 0.118. The molecule has 1 heterocycles. The van der Waals surface area contributed by atoms with Crippen molar-refractivity contribution in [2.24, 2.45) is 0 Å². The number of benzene rings is 3. The second kappa shape index (κ2) is 9.29. The summed E-state index contributed by atoms with van der Waals surface area (Å²) in [4.78, 5) is 15.1. The highest BCUT2D eigenvalue weighted by molar-refractivity contribution is 7.99. The molecule has 0 saturated heterocycles. The maximum absolute atomic E-state index is 15.4. The topological polar surface area (TPSA) is 69.7 Å². The number of rotatable bonds is 6. The Kier molecular flexibility index (Phi) is 6.41. The minimum atomic E-state index is -4.01. The lowest BCUT2D eigenvalue weighted by molar-refractivity contribution is -0.142. The summed E-state index contributed by atoms with van der Waals surface area (Å²) in [6.07, 6.45) is 1.31. The molecule has 4 aromatic rings. The van der Waals surface area contributed by atoms with Crippen LogP contribution in [0.15, 0.2) is 81.5 Å². The molecule has 0 fully saturated rings. The van der Waals surface area contributed by atoms with Crippen LogP contribution in [0.1, 0.15) is 12.5 Å². The lowest BCUT2D eigenvalue weighted by Crippen LogP contribution is -2.12. The van der Waals surface area contributed by atoms with Gasteiger partial charge < -0.3 is 4.74 Å². The van der Waals surface area contributed by atoms with E-state index in [0.29, 0.717) is 10.3 Å². The number of hydrogen-bond donors (Lipinski definition) is 0. The summed E-state index contributed by atoms with van der Waals surface area (Å²) >= 11 is 0.924. The van der Waals surface area contributed by atoms with E-state index in [-0.39, 0.29) is 33.2 Å². The van der Waals surface area contributed by atoms with Crippen LogP contribution < -0.4 is 0 Å². The molecular formula is C24H16F2N2O4S2. The van der Waals surface area contributed by atoms with Crippen LogP contribution in [0.3, 0.4) is 0 Å². The molecule has 6 nitrogen and oxygen atoms in total. The van der Waals surface area contributed by atoms with Gasteiger partial charge in [0.1, 0.15) is 18.2 Å². The molecule has 1 aromatic heterocycles. The predicted octanol–water partition coefficient (Wildman–Crippen LogP) is 5.92.